The monoisotopic (exact) mass is 139 g/mol. The second-order valence-corrected chi connectivity index (χ2v) is 2.24. The first-order chi connectivity index (χ1) is 4.69. The summed E-state index contributed by atoms with van der Waals surface area (Å²) in [6.07, 6.45) is 0.396. The predicted molar refractivity (Wildman–Crippen MR) is 36.0 cm³/mol. The maximum atomic E-state index is 10.8. The van der Waals surface area contributed by atoms with E-state index in [1.165, 1.54) is 0 Å². The molecule has 1 heterocycles. The zero-order chi connectivity index (χ0) is 7.61. The van der Waals surface area contributed by atoms with E-state index in [-0.39, 0.29) is 5.91 Å². The third-order valence-corrected chi connectivity index (χ3v) is 1.48. The first-order valence-corrected chi connectivity index (χ1v) is 3.13. The lowest BCUT2D eigenvalue weighted by molar-refractivity contribution is -0.130. The quantitative estimate of drug-likeness (QED) is 0.434. The molecule has 1 aliphatic rings. The molecular formula is C7H9NO2. The molecule has 2 N–H and O–H groups in total. The van der Waals surface area contributed by atoms with Gasteiger partial charge >= 0.3 is 0 Å². The van der Waals surface area contributed by atoms with E-state index >= 15 is 0 Å². The fraction of sp³-hybridized carbons (Fsp3) is 0.571. The first-order valence-electron chi connectivity index (χ1n) is 3.13. The highest BCUT2D eigenvalue weighted by molar-refractivity contribution is 5.90. The van der Waals surface area contributed by atoms with Crippen LogP contribution < -0.4 is 5.32 Å². The van der Waals surface area contributed by atoms with Gasteiger partial charge in [-0.2, -0.15) is 0 Å². The summed E-state index contributed by atoms with van der Waals surface area (Å²) >= 11 is 0. The fourth-order valence-corrected chi connectivity index (χ4v) is 0.943. The molecule has 3 nitrogen and oxygen atoms in total. The molecule has 0 spiro atoms. The van der Waals surface area contributed by atoms with Crippen LogP contribution in [0.3, 0.4) is 0 Å². The molecule has 10 heavy (non-hydrogen) atoms. The van der Waals surface area contributed by atoms with Crippen molar-refractivity contribution in [1.29, 1.82) is 0 Å². The molecule has 1 unspecified atom stereocenters. The van der Waals surface area contributed by atoms with E-state index in [2.05, 4.69) is 17.2 Å². The largest absolute Gasteiger partial charge is 0.369 e. The van der Waals surface area contributed by atoms with Crippen molar-refractivity contribution in [3.8, 4) is 11.8 Å². The minimum Gasteiger partial charge on any atom is -0.369 e. The maximum Gasteiger partial charge on any atom is 0.264 e. The van der Waals surface area contributed by atoms with Crippen LogP contribution in [0.5, 0.6) is 0 Å². The molecule has 0 aromatic rings. The molecule has 54 valence electrons. The van der Waals surface area contributed by atoms with Crippen molar-refractivity contribution in [3.63, 3.8) is 0 Å². The summed E-state index contributed by atoms with van der Waals surface area (Å²) in [5.41, 5.74) is -1.41. The van der Waals surface area contributed by atoms with Gasteiger partial charge < -0.3 is 10.4 Å². The summed E-state index contributed by atoms with van der Waals surface area (Å²) in [4.78, 5) is 10.8. The van der Waals surface area contributed by atoms with Crippen LogP contribution in [0.4, 0.5) is 0 Å². The second kappa shape index (κ2) is 2.31. The Labute approximate surface area is 59.4 Å². The molecule has 0 aromatic heterocycles. The van der Waals surface area contributed by atoms with Gasteiger partial charge in [-0.15, -0.1) is 5.92 Å². The molecule has 1 atom stereocenters. The zero-order valence-corrected chi connectivity index (χ0v) is 5.77. The summed E-state index contributed by atoms with van der Waals surface area (Å²) in [7, 11) is 0. The van der Waals surface area contributed by atoms with Crippen molar-refractivity contribution in [2.45, 2.75) is 18.9 Å². The van der Waals surface area contributed by atoms with Crippen molar-refractivity contribution in [1.82, 2.24) is 5.32 Å². The second-order valence-electron chi connectivity index (χ2n) is 2.24. The van der Waals surface area contributed by atoms with Gasteiger partial charge in [-0.05, 0) is 6.92 Å². The number of rotatable bonds is 0. The molecule has 1 rings (SSSR count). The van der Waals surface area contributed by atoms with E-state index in [0.717, 1.165) is 0 Å². The molecular weight excluding hydrogens is 130 g/mol. The summed E-state index contributed by atoms with van der Waals surface area (Å²) < 4.78 is 0. The Morgan fingerprint density at radius 2 is 2.50 bits per heavy atom. The van der Waals surface area contributed by atoms with Gasteiger partial charge in [-0.1, -0.05) is 5.92 Å². The van der Waals surface area contributed by atoms with Crippen LogP contribution in [0.1, 0.15) is 13.3 Å². The molecule has 0 bridgehead atoms. The molecule has 1 aliphatic heterocycles. The Balaban J connectivity index is 2.82. The highest BCUT2D eigenvalue weighted by Crippen LogP contribution is 2.13. The van der Waals surface area contributed by atoms with Crippen molar-refractivity contribution >= 4 is 5.91 Å². The summed E-state index contributed by atoms with van der Waals surface area (Å²) in [5.74, 6) is 4.61. The standard InChI is InChI=1S/C7H9NO2/c1-2-3-7(10)4-5-8-6(7)9/h10H,4-5H2,1H3,(H,8,9). The van der Waals surface area contributed by atoms with Crippen LogP contribution in [0, 0.1) is 11.8 Å². The minimum absolute atomic E-state index is 0.373. The molecule has 1 saturated heterocycles. The molecule has 0 aliphatic carbocycles. The number of aliphatic hydroxyl groups is 1. The molecule has 1 fully saturated rings. The molecule has 0 saturated carbocycles. The predicted octanol–water partition coefficient (Wildman–Crippen LogP) is -0.739. The summed E-state index contributed by atoms with van der Waals surface area (Å²) in [6.45, 7) is 2.12. The number of carbonyl (C=O) groups is 1. The minimum atomic E-state index is -1.41. The van der Waals surface area contributed by atoms with Gasteiger partial charge in [0.1, 0.15) is 0 Å². The molecule has 3 heteroatoms. The van der Waals surface area contributed by atoms with Crippen LogP contribution in [0.25, 0.3) is 0 Å². The van der Waals surface area contributed by atoms with Crippen molar-refractivity contribution in [2.75, 3.05) is 6.54 Å². The van der Waals surface area contributed by atoms with Crippen LogP contribution in [0.15, 0.2) is 0 Å². The summed E-state index contributed by atoms with van der Waals surface area (Å²) in [5, 5.41) is 11.9. The number of hydrogen-bond acceptors (Lipinski definition) is 2. The van der Waals surface area contributed by atoms with Crippen molar-refractivity contribution in [3.05, 3.63) is 0 Å². The van der Waals surface area contributed by atoms with Gasteiger partial charge in [0.25, 0.3) is 5.91 Å². The van der Waals surface area contributed by atoms with E-state index in [1.54, 1.807) is 6.92 Å². The average Bonchev–Trinajstić information content (AvgIpc) is 2.15. The molecule has 0 radical (unpaired) electrons. The Kier molecular flexibility index (Phi) is 1.64. The Hall–Kier alpha value is -1.01. The van der Waals surface area contributed by atoms with Crippen molar-refractivity contribution in [2.24, 2.45) is 0 Å². The van der Waals surface area contributed by atoms with Crippen LogP contribution in [-0.4, -0.2) is 23.2 Å². The Bertz CT molecular complexity index is 213. The maximum absolute atomic E-state index is 10.8. The van der Waals surface area contributed by atoms with Gasteiger partial charge in [-0.25, -0.2) is 0 Å². The lowest BCUT2D eigenvalue weighted by Gasteiger charge is -2.08. The van der Waals surface area contributed by atoms with E-state index in [9.17, 15) is 9.90 Å². The zero-order valence-electron chi connectivity index (χ0n) is 5.77. The van der Waals surface area contributed by atoms with Crippen LogP contribution in [-0.2, 0) is 4.79 Å². The van der Waals surface area contributed by atoms with Gasteiger partial charge in [0.2, 0.25) is 5.60 Å². The SMILES string of the molecule is CC#CC1(O)CCNC1=O. The van der Waals surface area contributed by atoms with E-state index < -0.39 is 5.60 Å². The average molecular weight is 139 g/mol. The Morgan fingerprint density at radius 1 is 1.80 bits per heavy atom. The van der Waals surface area contributed by atoms with Gasteiger partial charge in [0.15, 0.2) is 0 Å². The number of nitrogens with one attached hydrogen (secondary N) is 1. The normalized spacial score (nSPS) is 30.8. The topological polar surface area (TPSA) is 49.3 Å². The van der Waals surface area contributed by atoms with Crippen LogP contribution >= 0.6 is 0 Å². The lowest BCUT2D eigenvalue weighted by Crippen LogP contribution is -2.36. The van der Waals surface area contributed by atoms with Gasteiger partial charge in [0.05, 0.1) is 0 Å². The Morgan fingerprint density at radius 3 is 2.90 bits per heavy atom. The van der Waals surface area contributed by atoms with Gasteiger partial charge in [-0.3, -0.25) is 4.79 Å². The van der Waals surface area contributed by atoms with Crippen molar-refractivity contribution < 1.29 is 9.90 Å². The third-order valence-electron chi connectivity index (χ3n) is 1.48. The van der Waals surface area contributed by atoms with E-state index in [0.29, 0.717) is 13.0 Å². The highest BCUT2D eigenvalue weighted by Gasteiger charge is 2.38. The summed E-state index contributed by atoms with van der Waals surface area (Å²) in [6, 6.07) is 0. The smallest absolute Gasteiger partial charge is 0.264 e. The first kappa shape index (κ1) is 7.10. The molecule has 1 amide bonds. The van der Waals surface area contributed by atoms with Crippen LogP contribution in [0.2, 0.25) is 0 Å². The number of hydrogen-bond donors (Lipinski definition) is 2. The van der Waals surface area contributed by atoms with E-state index in [1.807, 2.05) is 0 Å². The molecule has 0 aromatic carbocycles. The highest BCUT2D eigenvalue weighted by atomic mass is 16.3. The lowest BCUT2D eigenvalue weighted by atomic mass is 10.0. The van der Waals surface area contributed by atoms with Gasteiger partial charge in [0, 0.05) is 13.0 Å². The number of amides is 1. The number of carbonyl (C=O) groups excluding carboxylic acids is 1. The van der Waals surface area contributed by atoms with E-state index in [4.69, 9.17) is 0 Å². The fourth-order valence-electron chi connectivity index (χ4n) is 0.943. The third kappa shape index (κ3) is 0.981.